The lowest BCUT2D eigenvalue weighted by Gasteiger charge is -2.23. The largest absolute Gasteiger partial charge is 0.370 e. The van der Waals surface area contributed by atoms with E-state index in [1.54, 1.807) is 18.5 Å². The lowest BCUT2D eigenvalue weighted by atomic mass is 10.2. The number of hydrogen-bond acceptors (Lipinski definition) is 6. The van der Waals surface area contributed by atoms with Crippen LogP contribution >= 0.6 is 0 Å². The highest BCUT2D eigenvalue weighted by Crippen LogP contribution is 2.21. The second kappa shape index (κ2) is 8.41. The van der Waals surface area contributed by atoms with E-state index in [4.69, 9.17) is 0 Å². The van der Waals surface area contributed by atoms with Gasteiger partial charge < -0.3 is 15.5 Å². The molecule has 0 saturated carbocycles. The van der Waals surface area contributed by atoms with Crippen molar-refractivity contribution in [1.29, 1.82) is 0 Å². The minimum absolute atomic E-state index is 0.0541. The summed E-state index contributed by atoms with van der Waals surface area (Å²) in [6, 6.07) is 5.60. The molecule has 0 bridgehead atoms. The first kappa shape index (κ1) is 17.1. The van der Waals surface area contributed by atoms with Crippen LogP contribution in [0.3, 0.4) is 0 Å². The van der Waals surface area contributed by atoms with Crippen LogP contribution in [0.2, 0.25) is 0 Å². The van der Waals surface area contributed by atoms with Gasteiger partial charge in [0.15, 0.2) is 0 Å². The van der Waals surface area contributed by atoms with Crippen LogP contribution in [0.4, 0.5) is 11.8 Å². The van der Waals surface area contributed by atoms with Crippen LogP contribution in [0.25, 0.3) is 0 Å². The van der Waals surface area contributed by atoms with Gasteiger partial charge in [0.2, 0.25) is 11.9 Å². The first-order valence-corrected chi connectivity index (χ1v) is 8.72. The summed E-state index contributed by atoms with van der Waals surface area (Å²) >= 11 is 0. The molecule has 0 spiro atoms. The van der Waals surface area contributed by atoms with Gasteiger partial charge in [0.25, 0.3) is 0 Å². The minimum atomic E-state index is -0.172. The predicted octanol–water partition coefficient (Wildman–Crippen LogP) is 1.77. The van der Waals surface area contributed by atoms with Crippen LogP contribution in [0.1, 0.15) is 24.8 Å². The van der Waals surface area contributed by atoms with E-state index in [-0.39, 0.29) is 11.9 Å². The number of anilines is 2. The molecule has 2 aromatic heterocycles. The quantitative estimate of drug-likeness (QED) is 0.748. The summed E-state index contributed by atoms with van der Waals surface area (Å²) in [4.78, 5) is 27.3. The lowest BCUT2D eigenvalue weighted by Crippen LogP contribution is -2.44. The molecule has 1 aliphatic heterocycles. The number of rotatable bonds is 7. The summed E-state index contributed by atoms with van der Waals surface area (Å²) in [6.07, 6.45) is 7.92. The Labute approximate surface area is 147 Å². The van der Waals surface area contributed by atoms with Gasteiger partial charge >= 0.3 is 0 Å². The molecule has 1 atom stereocenters. The zero-order valence-electron chi connectivity index (χ0n) is 14.5. The summed E-state index contributed by atoms with van der Waals surface area (Å²) < 4.78 is 0. The van der Waals surface area contributed by atoms with E-state index in [0.717, 1.165) is 43.7 Å². The van der Waals surface area contributed by atoms with Gasteiger partial charge in [-0.2, -0.15) is 0 Å². The van der Waals surface area contributed by atoms with Crippen LogP contribution < -0.4 is 15.5 Å². The van der Waals surface area contributed by atoms with Crippen molar-refractivity contribution in [1.82, 2.24) is 20.3 Å². The molecule has 1 amide bonds. The maximum Gasteiger partial charge on any atom is 0.242 e. The van der Waals surface area contributed by atoms with Crippen molar-refractivity contribution in [2.45, 2.75) is 32.2 Å². The first-order valence-electron chi connectivity index (χ1n) is 8.72. The third-order valence-electron chi connectivity index (χ3n) is 4.23. The molecule has 2 aromatic rings. The SMILES string of the molecule is Cc1ccc(NCCCNC(=O)[C@@H]2CCCN2c2ncccn2)nc1. The Bertz CT molecular complexity index is 676. The van der Waals surface area contributed by atoms with E-state index in [1.165, 1.54) is 0 Å². The van der Waals surface area contributed by atoms with Crippen LogP contribution in [0, 0.1) is 6.92 Å². The molecule has 1 fully saturated rings. The molecule has 0 aromatic carbocycles. The molecular weight excluding hydrogens is 316 g/mol. The van der Waals surface area contributed by atoms with E-state index < -0.39 is 0 Å². The van der Waals surface area contributed by atoms with Crippen molar-refractivity contribution in [3.05, 3.63) is 42.4 Å². The van der Waals surface area contributed by atoms with Crippen molar-refractivity contribution >= 4 is 17.7 Å². The van der Waals surface area contributed by atoms with Gasteiger partial charge in [0.1, 0.15) is 11.9 Å². The molecule has 0 aliphatic carbocycles. The number of aromatic nitrogens is 3. The second-order valence-corrected chi connectivity index (χ2v) is 6.19. The highest BCUT2D eigenvalue weighted by Gasteiger charge is 2.31. The Kier molecular flexibility index (Phi) is 5.77. The molecule has 7 heteroatoms. The van der Waals surface area contributed by atoms with Gasteiger partial charge in [-0.25, -0.2) is 15.0 Å². The fraction of sp³-hybridized carbons (Fsp3) is 0.444. The number of amides is 1. The third-order valence-corrected chi connectivity index (χ3v) is 4.23. The standard InChI is InChI=1S/C18H24N6O/c1-14-6-7-16(23-13-14)19-8-3-9-20-17(25)15-5-2-12-24(15)18-21-10-4-11-22-18/h4,6-7,10-11,13,15H,2-3,5,8-9,12H2,1H3,(H,19,23)(H,20,25)/t15-/m0/s1. The molecular formula is C18H24N6O. The second-order valence-electron chi connectivity index (χ2n) is 6.19. The smallest absolute Gasteiger partial charge is 0.242 e. The number of carbonyl (C=O) groups excluding carboxylic acids is 1. The molecule has 132 valence electrons. The van der Waals surface area contributed by atoms with Crippen LogP contribution in [0.15, 0.2) is 36.8 Å². The fourth-order valence-corrected chi connectivity index (χ4v) is 2.92. The van der Waals surface area contributed by atoms with E-state index in [1.807, 2.05) is 30.2 Å². The normalized spacial score (nSPS) is 16.7. The van der Waals surface area contributed by atoms with Crippen molar-refractivity contribution in [3.63, 3.8) is 0 Å². The van der Waals surface area contributed by atoms with Gasteiger partial charge in [-0.15, -0.1) is 0 Å². The number of nitrogens with one attached hydrogen (secondary N) is 2. The molecule has 0 unspecified atom stereocenters. The van der Waals surface area contributed by atoms with Crippen LogP contribution in [-0.4, -0.2) is 46.5 Å². The molecule has 7 nitrogen and oxygen atoms in total. The minimum Gasteiger partial charge on any atom is -0.370 e. The number of nitrogens with zero attached hydrogens (tertiary/aromatic N) is 4. The van der Waals surface area contributed by atoms with Gasteiger partial charge in [0.05, 0.1) is 0 Å². The van der Waals surface area contributed by atoms with Gasteiger partial charge in [0, 0.05) is 38.2 Å². The summed E-state index contributed by atoms with van der Waals surface area (Å²) in [6.45, 7) is 4.24. The van der Waals surface area contributed by atoms with E-state index in [2.05, 4.69) is 25.6 Å². The topological polar surface area (TPSA) is 83.0 Å². The van der Waals surface area contributed by atoms with Gasteiger partial charge in [-0.1, -0.05) is 6.07 Å². The maximum absolute atomic E-state index is 12.5. The zero-order valence-corrected chi connectivity index (χ0v) is 14.5. The van der Waals surface area contributed by atoms with Crippen LogP contribution in [0.5, 0.6) is 0 Å². The van der Waals surface area contributed by atoms with E-state index in [9.17, 15) is 4.79 Å². The molecule has 3 rings (SSSR count). The van der Waals surface area contributed by atoms with Crippen molar-refractivity contribution in [2.24, 2.45) is 0 Å². The number of carbonyl (C=O) groups is 1. The fourth-order valence-electron chi connectivity index (χ4n) is 2.92. The van der Waals surface area contributed by atoms with Crippen molar-refractivity contribution in [2.75, 3.05) is 29.9 Å². The average Bonchev–Trinajstić information content (AvgIpc) is 3.13. The summed E-state index contributed by atoms with van der Waals surface area (Å²) in [5.41, 5.74) is 1.14. The van der Waals surface area contributed by atoms with Crippen LogP contribution in [-0.2, 0) is 4.79 Å². The Balaban J connectivity index is 1.40. The Morgan fingerprint density at radius 1 is 1.24 bits per heavy atom. The van der Waals surface area contributed by atoms with Crippen molar-refractivity contribution in [3.8, 4) is 0 Å². The average molecular weight is 340 g/mol. The first-order chi connectivity index (χ1) is 12.2. The molecule has 1 aliphatic rings. The molecule has 25 heavy (non-hydrogen) atoms. The number of pyridine rings is 1. The number of hydrogen-bond donors (Lipinski definition) is 2. The summed E-state index contributed by atoms with van der Waals surface area (Å²) in [7, 11) is 0. The number of aryl methyl sites for hydroxylation is 1. The molecule has 3 heterocycles. The predicted molar refractivity (Wildman–Crippen MR) is 97.5 cm³/mol. The van der Waals surface area contributed by atoms with Crippen molar-refractivity contribution < 1.29 is 4.79 Å². The molecule has 1 saturated heterocycles. The van der Waals surface area contributed by atoms with Gasteiger partial charge in [-0.3, -0.25) is 4.79 Å². The third kappa shape index (κ3) is 4.65. The van der Waals surface area contributed by atoms with E-state index >= 15 is 0 Å². The Hall–Kier alpha value is -2.70. The molecule has 2 N–H and O–H groups in total. The summed E-state index contributed by atoms with van der Waals surface area (Å²) in [5, 5.41) is 6.28. The maximum atomic E-state index is 12.5. The molecule has 0 radical (unpaired) electrons. The lowest BCUT2D eigenvalue weighted by molar-refractivity contribution is -0.122. The highest BCUT2D eigenvalue weighted by molar-refractivity contribution is 5.85. The van der Waals surface area contributed by atoms with Gasteiger partial charge in [-0.05, 0) is 43.9 Å². The monoisotopic (exact) mass is 340 g/mol. The van der Waals surface area contributed by atoms with E-state index in [0.29, 0.717) is 12.5 Å². The highest BCUT2D eigenvalue weighted by atomic mass is 16.2. The summed E-state index contributed by atoms with van der Waals surface area (Å²) in [5.74, 6) is 1.55. The Morgan fingerprint density at radius 2 is 2.08 bits per heavy atom. The Morgan fingerprint density at radius 3 is 2.84 bits per heavy atom. The zero-order chi connectivity index (χ0) is 17.5.